The number of benzene rings is 1. The Hall–Kier alpha value is -0.963. The first kappa shape index (κ1) is 11.1. The first-order valence-corrected chi connectivity index (χ1v) is 8.04. The van der Waals surface area contributed by atoms with Crippen molar-refractivity contribution in [3.63, 3.8) is 0 Å². The molecule has 1 rings (SSSR count). The summed E-state index contributed by atoms with van der Waals surface area (Å²) in [7, 11) is -2.17. The van der Waals surface area contributed by atoms with Crippen LogP contribution in [0.4, 0.5) is 8.78 Å². The lowest BCUT2D eigenvalue weighted by Gasteiger charge is -2.13. The van der Waals surface area contributed by atoms with E-state index in [1.807, 2.05) is 0 Å². The zero-order chi connectivity index (χ0) is 10.8. The van der Waals surface area contributed by atoms with Gasteiger partial charge in [-0.25, -0.2) is 8.78 Å². The average Bonchev–Trinajstić information content (AvgIpc) is 2.15. The topological polar surface area (TPSA) is 0 Å². The fraction of sp³-hybridized carbons (Fsp3) is 0.273. The third-order valence-corrected chi connectivity index (χ3v) is 3.41. The smallest absolute Gasteiger partial charge is 0.156 e. The Bertz CT molecular complexity index is 336. The van der Waals surface area contributed by atoms with Crippen molar-refractivity contribution in [1.82, 2.24) is 0 Å². The van der Waals surface area contributed by atoms with Crippen molar-refractivity contribution in [3.8, 4) is 0 Å². The Kier molecular flexibility index (Phi) is 3.21. The van der Waals surface area contributed by atoms with Crippen molar-refractivity contribution in [3.05, 3.63) is 41.3 Å². The molecular weight excluding hydrogens is 198 g/mol. The monoisotopic (exact) mass is 212 g/mol. The van der Waals surface area contributed by atoms with Crippen molar-refractivity contribution < 1.29 is 8.78 Å². The summed E-state index contributed by atoms with van der Waals surface area (Å²) in [6.45, 7) is 5.35. The molecule has 0 spiro atoms. The second-order valence-corrected chi connectivity index (χ2v) is 9.18. The number of halogens is 2. The summed E-state index contributed by atoms with van der Waals surface area (Å²) in [5, 5.41) is 0. The van der Waals surface area contributed by atoms with Crippen molar-refractivity contribution in [2.24, 2.45) is 0 Å². The van der Waals surface area contributed by atoms with Gasteiger partial charge in [-0.1, -0.05) is 50.0 Å². The SMILES string of the molecule is C[Si](C)(C)/C(F)=C(\F)c1ccccc1. The molecule has 0 bridgehead atoms. The minimum Gasteiger partial charge on any atom is -0.214 e. The molecule has 0 saturated carbocycles. The Labute approximate surface area is 84.3 Å². The Morgan fingerprint density at radius 2 is 1.50 bits per heavy atom. The summed E-state index contributed by atoms with van der Waals surface area (Å²) < 4.78 is 27.1. The lowest BCUT2D eigenvalue weighted by molar-refractivity contribution is 0.641. The van der Waals surface area contributed by atoms with Gasteiger partial charge < -0.3 is 0 Å². The van der Waals surface area contributed by atoms with E-state index < -0.39 is 19.4 Å². The van der Waals surface area contributed by atoms with Crippen LogP contribution in [-0.2, 0) is 0 Å². The molecule has 3 heteroatoms. The molecule has 0 heterocycles. The first-order chi connectivity index (χ1) is 6.43. The van der Waals surface area contributed by atoms with Crippen molar-refractivity contribution in [2.45, 2.75) is 19.6 Å². The van der Waals surface area contributed by atoms with Gasteiger partial charge >= 0.3 is 0 Å². The molecule has 0 aliphatic carbocycles. The van der Waals surface area contributed by atoms with E-state index in [9.17, 15) is 8.78 Å². The highest BCUT2D eigenvalue weighted by molar-refractivity contribution is 6.83. The van der Waals surface area contributed by atoms with Crippen LogP contribution in [0.5, 0.6) is 0 Å². The largest absolute Gasteiger partial charge is 0.214 e. The van der Waals surface area contributed by atoms with Crippen LogP contribution in [0.1, 0.15) is 5.56 Å². The van der Waals surface area contributed by atoms with Crippen LogP contribution in [-0.4, -0.2) is 8.07 Å². The quantitative estimate of drug-likeness (QED) is 0.645. The lowest BCUT2D eigenvalue weighted by atomic mass is 10.2. The number of hydrogen-bond acceptors (Lipinski definition) is 0. The molecule has 0 amide bonds. The maximum Gasteiger partial charge on any atom is 0.156 e. The van der Waals surface area contributed by atoms with Crippen LogP contribution in [0.25, 0.3) is 5.83 Å². The van der Waals surface area contributed by atoms with Gasteiger partial charge in [-0.2, -0.15) is 0 Å². The van der Waals surface area contributed by atoms with Gasteiger partial charge in [0, 0.05) is 5.56 Å². The third kappa shape index (κ3) is 2.51. The van der Waals surface area contributed by atoms with Crippen molar-refractivity contribution in [1.29, 1.82) is 0 Å². The minimum absolute atomic E-state index is 0.326. The summed E-state index contributed by atoms with van der Waals surface area (Å²) in [5.74, 6) is -0.704. The van der Waals surface area contributed by atoms with E-state index in [4.69, 9.17) is 0 Å². The Morgan fingerprint density at radius 3 is 1.93 bits per heavy atom. The highest BCUT2D eigenvalue weighted by Gasteiger charge is 2.24. The maximum absolute atomic E-state index is 13.6. The Morgan fingerprint density at radius 1 is 1.00 bits per heavy atom. The molecule has 0 saturated heterocycles. The molecule has 1 aromatic carbocycles. The summed E-state index contributed by atoms with van der Waals surface area (Å²) in [4.78, 5) is 0. The molecule has 76 valence electrons. The predicted molar refractivity (Wildman–Crippen MR) is 58.9 cm³/mol. The maximum atomic E-state index is 13.6. The minimum atomic E-state index is -2.17. The van der Waals surface area contributed by atoms with Gasteiger partial charge in [0.2, 0.25) is 0 Å². The predicted octanol–water partition coefficient (Wildman–Crippen LogP) is 4.17. The highest BCUT2D eigenvalue weighted by atomic mass is 28.3. The van der Waals surface area contributed by atoms with Gasteiger partial charge in [0.1, 0.15) is 13.5 Å². The molecular formula is C11H14F2Si. The van der Waals surface area contributed by atoms with Crippen LogP contribution in [0, 0.1) is 0 Å². The highest BCUT2D eigenvalue weighted by Crippen LogP contribution is 2.27. The van der Waals surface area contributed by atoms with Gasteiger partial charge in [0.15, 0.2) is 5.83 Å². The summed E-state index contributed by atoms with van der Waals surface area (Å²) >= 11 is 0. The van der Waals surface area contributed by atoms with Gasteiger partial charge in [0.25, 0.3) is 0 Å². The molecule has 14 heavy (non-hydrogen) atoms. The van der Waals surface area contributed by atoms with Gasteiger partial charge in [0.05, 0.1) is 0 Å². The van der Waals surface area contributed by atoms with Crippen LogP contribution in [0.3, 0.4) is 0 Å². The molecule has 0 aromatic heterocycles. The van der Waals surface area contributed by atoms with Gasteiger partial charge in [-0.05, 0) is 0 Å². The molecule has 1 aromatic rings. The average molecular weight is 212 g/mol. The lowest BCUT2D eigenvalue weighted by Crippen LogP contribution is -2.22. The normalized spacial score (nSPS) is 13.8. The van der Waals surface area contributed by atoms with Crippen LogP contribution < -0.4 is 0 Å². The van der Waals surface area contributed by atoms with Crippen LogP contribution in [0.2, 0.25) is 19.6 Å². The molecule has 0 nitrogen and oxygen atoms in total. The fourth-order valence-electron chi connectivity index (χ4n) is 1.04. The van der Waals surface area contributed by atoms with E-state index in [1.165, 1.54) is 0 Å². The van der Waals surface area contributed by atoms with Crippen LogP contribution >= 0.6 is 0 Å². The van der Waals surface area contributed by atoms with E-state index in [2.05, 4.69) is 0 Å². The molecule has 0 aliphatic heterocycles. The molecule has 0 unspecified atom stereocenters. The second-order valence-electron chi connectivity index (χ2n) is 4.24. The third-order valence-electron chi connectivity index (χ3n) is 1.88. The number of hydrogen-bond donors (Lipinski definition) is 0. The van der Waals surface area contributed by atoms with E-state index in [0.717, 1.165) is 0 Å². The van der Waals surface area contributed by atoms with E-state index >= 15 is 0 Å². The summed E-state index contributed by atoms with van der Waals surface area (Å²) in [6.07, 6.45) is 0. The second kappa shape index (κ2) is 4.05. The molecule has 0 atom stereocenters. The zero-order valence-corrected chi connectivity index (χ0v) is 9.64. The number of rotatable bonds is 2. The van der Waals surface area contributed by atoms with Gasteiger partial charge in [-0.3, -0.25) is 0 Å². The fourth-order valence-corrected chi connectivity index (χ4v) is 1.84. The molecule has 0 radical (unpaired) electrons. The molecule has 0 N–H and O–H groups in total. The molecule has 0 aliphatic rings. The zero-order valence-electron chi connectivity index (χ0n) is 8.64. The van der Waals surface area contributed by atoms with Gasteiger partial charge in [-0.15, -0.1) is 0 Å². The van der Waals surface area contributed by atoms with E-state index in [1.54, 1.807) is 50.0 Å². The van der Waals surface area contributed by atoms with Crippen molar-refractivity contribution >= 4 is 13.9 Å². The van der Waals surface area contributed by atoms with Crippen molar-refractivity contribution in [2.75, 3.05) is 0 Å². The van der Waals surface area contributed by atoms with E-state index in [-0.39, 0.29) is 0 Å². The summed E-state index contributed by atoms with van der Waals surface area (Å²) in [5.41, 5.74) is -0.240. The molecule has 0 fully saturated rings. The summed E-state index contributed by atoms with van der Waals surface area (Å²) in [6, 6.07) is 8.34. The first-order valence-electron chi connectivity index (χ1n) is 4.54. The standard InChI is InChI=1S/C11H14F2Si/c1-14(2,3)11(13)10(12)9-7-5-4-6-8-9/h4-8H,1-3H3/b11-10-. The van der Waals surface area contributed by atoms with E-state index in [0.29, 0.717) is 5.56 Å². The van der Waals surface area contributed by atoms with Crippen LogP contribution in [0.15, 0.2) is 35.8 Å². The Balaban J connectivity index is 3.12.